The summed E-state index contributed by atoms with van der Waals surface area (Å²) < 4.78 is 0. The van der Waals surface area contributed by atoms with Crippen molar-refractivity contribution in [2.45, 2.75) is 21.6 Å². The molecule has 1 atom stereocenters. The third-order valence-electron chi connectivity index (χ3n) is 2.69. The van der Waals surface area contributed by atoms with Crippen LogP contribution < -0.4 is 0 Å². The number of aromatic nitrogens is 2. The molecule has 0 spiro atoms. The van der Waals surface area contributed by atoms with Gasteiger partial charge in [-0.1, -0.05) is 18.2 Å². The lowest BCUT2D eigenvalue weighted by atomic mass is 10.1. The van der Waals surface area contributed by atoms with Crippen LogP contribution in [0.1, 0.15) is 5.56 Å². The summed E-state index contributed by atoms with van der Waals surface area (Å²) in [6.07, 6.45) is 4.59. The van der Waals surface area contributed by atoms with Gasteiger partial charge in [-0.05, 0) is 24.1 Å². The van der Waals surface area contributed by atoms with Crippen LogP contribution in [0.5, 0.6) is 0 Å². The molecule has 4 heteroatoms. The lowest BCUT2D eigenvalue weighted by Crippen LogP contribution is -2.04. The molecule has 1 aromatic heterocycles. The van der Waals surface area contributed by atoms with Crippen LogP contribution >= 0.6 is 23.5 Å². The van der Waals surface area contributed by atoms with E-state index < -0.39 is 0 Å². The topological polar surface area (TPSA) is 25.8 Å². The Bertz CT molecular complexity index is 477. The minimum absolute atomic E-state index is 0.673. The first kappa shape index (κ1) is 11.1. The Balaban J connectivity index is 1.59. The summed E-state index contributed by atoms with van der Waals surface area (Å²) >= 11 is 3.81. The summed E-state index contributed by atoms with van der Waals surface area (Å²) in [5.74, 6) is 1.11. The number of hydrogen-bond donors (Lipinski definition) is 0. The summed E-state index contributed by atoms with van der Waals surface area (Å²) in [7, 11) is 0. The summed E-state index contributed by atoms with van der Waals surface area (Å²) in [4.78, 5) is 9.60. The van der Waals surface area contributed by atoms with E-state index in [1.165, 1.54) is 16.9 Å². The molecule has 0 amide bonds. The van der Waals surface area contributed by atoms with Crippen LogP contribution in [-0.4, -0.2) is 21.0 Å². The molecular weight excluding hydrogens is 248 g/mol. The summed E-state index contributed by atoms with van der Waals surface area (Å²) in [5.41, 5.74) is 1.49. The van der Waals surface area contributed by atoms with E-state index in [0.29, 0.717) is 5.25 Å². The normalized spacial score (nSPS) is 18.0. The second-order valence-corrected chi connectivity index (χ2v) is 6.29. The molecule has 0 saturated heterocycles. The van der Waals surface area contributed by atoms with Crippen LogP contribution in [0, 0.1) is 0 Å². The molecule has 2 aromatic rings. The van der Waals surface area contributed by atoms with Crippen molar-refractivity contribution < 1.29 is 0 Å². The van der Waals surface area contributed by atoms with Crippen molar-refractivity contribution in [1.29, 1.82) is 0 Å². The van der Waals surface area contributed by atoms with E-state index in [9.17, 15) is 0 Å². The fourth-order valence-corrected chi connectivity index (χ4v) is 4.20. The van der Waals surface area contributed by atoms with E-state index in [1.54, 1.807) is 12.5 Å². The number of fused-ring (bicyclic) bond motifs is 1. The number of hydrogen-bond acceptors (Lipinski definition) is 4. The van der Waals surface area contributed by atoms with Crippen molar-refractivity contribution in [1.82, 2.24) is 9.97 Å². The van der Waals surface area contributed by atoms with Gasteiger partial charge in [0.15, 0.2) is 0 Å². The number of rotatable bonds is 3. The standard InChI is InChI=1S/C13H12N2S2/c1-2-4-12-10(3-1)7-11(17-12)8-16-13-5-6-14-9-15-13/h1-6,9,11H,7-8H2. The minimum atomic E-state index is 0.673. The third-order valence-corrected chi connectivity index (χ3v) is 5.32. The lowest BCUT2D eigenvalue weighted by molar-refractivity contribution is 0.964. The van der Waals surface area contributed by atoms with Crippen molar-refractivity contribution >= 4 is 23.5 Å². The quantitative estimate of drug-likeness (QED) is 0.625. The van der Waals surface area contributed by atoms with Gasteiger partial charge in [0.25, 0.3) is 0 Å². The molecule has 1 aliphatic rings. The zero-order valence-electron chi connectivity index (χ0n) is 9.24. The average Bonchev–Trinajstić information content (AvgIpc) is 2.80. The van der Waals surface area contributed by atoms with Gasteiger partial charge in [0.1, 0.15) is 6.33 Å². The van der Waals surface area contributed by atoms with Crippen molar-refractivity contribution in [3.05, 3.63) is 48.4 Å². The first-order valence-electron chi connectivity index (χ1n) is 5.55. The molecule has 0 N–H and O–H groups in total. The fourth-order valence-electron chi connectivity index (χ4n) is 1.89. The number of benzene rings is 1. The highest BCUT2D eigenvalue weighted by Gasteiger charge is 2.21. The second kappa shape index (κ2) is 5.10. The molecule has 3 rings (SSSR count). The highest BCUT2D eigenvalue weighted by molar-refractivity contribution is 8.03. The zero-order valence-corrected chi connectivity index (χ0v) is 10.9. The van der Waals surface area contributed by atoms with Crippen molar-refractivity contribution in [2.24, 2.45) is 0 Å². The smallest absolute Gasteiger partial charge is 0.116 e. The van der Waals surface area contributed by atoms with Crippen LogP contribution in [0.3, 0.4) is 0 Å². The molecule has 2 nitrogen and oxygen atoms in total. The van der Waals surface area contributed by atoms with Gasteiger partial charge in [-0.2, -0.15) is 0 Å². The maximum absolute atomic E-state index is 4.23. The SMILES string of the molecule is c1ccc2c(c1)CC(CSc1ccncn1)S2. The van der Waals surface area contributed by atoms with Crippen LogP contribution in [0.15, 0.2) is 52.8 Å². The average molecular weight is 260 g/mol. The molecule has 2 heterocycles. The Labute approximate surface area is 109 Å². The van der Waals surface area contributed by atoms with Gasteiger partial charge < -0.3 is 0 Å². The Morgan fingerprint density at radius 1 is 1.29 bits per heavy atom. The Morgan fingerprint density at radius 2 is 2.24 bits per heavy atom. The van der Waals surface area contributed by atoms with Crippen molar-refractivity contribution in [2.75, 3.05) is 5.75 Å². The van der Waals surface area contributed by atoms with Crippen LogP contribution in [0.25, 0.3) is 0 Å². The van der Waals surface area contributed by atoms with E-state index >= 15 is 0 Å². The first-order chi connectivity index (χ1) is 8.42. The fraction of sp³-hybridized carbons (Fsp3) is 0.231. The van der Waals surface area contributed by atoms with Gasteiger partial charge in [0, 0.05) is 22.1 Å². The van der Waals surface area contributed by atoms with Gasteiger partial charge in [0.2, 0.25) is 0 Å². The first-order valence-corrected chi connectivity index (χ1v) is 7.42. The monoisotopic (exact) mass is 260 g/mol. The highest BCUT2D eigenvalue weighted by Crippen LogP contribution is 2.38. The molecule has 1 aromatic carbocycles. The van der Waals surface area contributed by atoms with Gasteiger partial charge in [-0.3, -0.25) is 0 Å². The highest BCUT2D eigenvalue weighted by atomic mass is 32.2. The van der Waals surface area contributed by atoms with Crippen molar-refractivity contribution in [3.63, 3.8) is 0 Å². The molecule has 86 valence electrons. The predicted molar refractivity (Wildman–Crippen MR) is 72.5 cm³/mol. The van der Waals surface area contributed by atoms with E-state index in [-0.39, 0.29) is 0 Å². The molecule has 0 fully saturated rings. The Kier molecular flexibility index (Phi) is 3.34. The van der Waals surface area contributed by atoms with Gasteiger partial charge in [-0.15, -0.1) is 23.5 Å². The molecule has 1 aliphatic heterocycles. The predicted octanol–water partition coefficient (Wildman–Crippen LogP) is 3.29. The molecule has 17 heavy (non-hydrogen) atoms. The van der Waals surface area contributed by atoms with Crippen LogP contribution in [0.4, 0.5) is 0 Å². The molecule has 0 bridgehead atoms. The molecule has 0 radical (unpaired) electrons. The number of thioether (sulfide) groups is 2. The van der Waals surface area contributed by atoms with Gasteiger partial charge in [-0.25, -0.2) is 9.97 Å². The number of nitrogens with zero attached hydrogens (tertiary/aromatic N) is 2. The van der Waals surface area contributed by atoms with Crippen molar-refractivity contribution in [3.8, 4) is 0 Å². The van der Waals surface area contributed by atoms with E-state index in [0.717, 1.165) is 10.8 Å². The summed E-state index contributed by atoms with van der Waals surface area (Å²) in [5, 5.41) is 1.74. The van der Waals surface area contributed by atoms with Gasteiger partial charge in [0.05, 0.1) is 5.03 Å². The van der Waals surface area contributed by atoms with Crippen LogP contribution in [0.2, 0.25) is 0 Å². The largest absolute Gasteiger partial charge is 0.245 e. The third kappa shape index (κ3) is 2.64. The maximum atomic E-state index is 4.23. The molecule has 0 aliphatic carbocycles. The lowest BCUT2D eigenvalue weighted by Gasteiger charge is -2.06. The minimum Gasteiger partial charge on any atom is -0.245 e. The molecule has 0 saturated carbocycles. The summed E-state index contributed by atoms with van der Waals surface area (Å²) in [6.45, 7) is 0. The van der Waals surface area contributed by atoms with E-state index in [1.807, 2.05) is 29.6 Å². The van der Waals surface area contributed by atoms with E-state index in [4.69, 9.17) is 0 Å². The van der Waals surface area contributed by atoms with Crippen LogP contribution in [-0.2, 0) is 6.42 Å². The molecule has 1 unspecified atom stereocenters. The Hall–Kier alpha value is -1.000. The zero-order chi connectivity index (χ0) is 11.5. The van der Waals surface area contributed by atoms with Gasteiger partial charge >= 0.3 is 0 Å². The second-order valence-electron chi connectivity index (χ2n) is 3.91. The Morgan fingerprint density at radius 3 is 3.06 bits per heavy atom. The summed E-state index contributed by atoms with van der Waals surface area (Å²) in [6, 6.07) is 10.7. The molecular formula is C13H12N2S2. The van der Waals surface area contributed by atoms with E-state index in [2.05, 4.69) is 34.2 Å². The maximum Gasteiger partial charge on any atom is 0.116 e.